The summed E-state index contributed by atoms with van der Waals surface area (Å²) in [6, 6.07) is 0. The van der Waals surface area contributed by atoms with E-state index in [9.17, 15) is 10.1 Å². The van der Waals surface area contributed by atoms with Crippen molar-refractivity contribution in [3.05, 3.63) is 20.6 Å². The van der Waals surface area contributed by atoms with Crippen LogP contribution in [0, 0.1) is 10.1 Å². The molecule has 1 aromatic heterocycles. The van der Waals surface area contributed by atoms with Crippen LogP contribution in [0.3, 0.4) is 0 Å². The third-order valence-electron chi connectivity index (χ3n) is 1.14. The lowest BCUT2D eigenvalue weighted by atomic mass is 10.7. The van der Waals surface area contributed by atoms with Crippen molar-refractivity contribution in [3.8, 4) is 0 Å². The Bertz CT molecular complexity index is 309. The summed E-state index contributed by atoms with van der Waals surface area (Å²) in [5, 5.41) is 10.1. The standard InChI is InChI=1S/C4H3Cl2N3O2/c1-8-3(9(10)11)2(5)7-4(8)6/h1H3. The maximum absolute atomic E-state index is 10.3. The van der Waals surface area contributed by atoms with Crippen molar-refractivity contribution in [1.29, 1.82) is 0 Å². The monoisotopic (exact) mass is 195 g/mol. The van der Waals surface area contributed by atoms with Gasteiger partial charge in [0.25, 0.3) is 5.28 Å². The first-order chi connectivity index (χ1) is 5.04. The molecule has 1 heterocycles. The number of hydrogen-bond acceptors (Lipinski definition) is 3. The number of imidazole rings is 1. The van der Waals surface area contributed by atoms with E-state index in [1.807, 2.05) is 0 Å². The molecule has 0 atom stereocenters. The first-order valence-corrected chi connectivity index (χ1v) is 3.31. The van der Waals surface area contributed by atoms with E-state index in [1.165, 1.54) is 7.05 Å². The fourth-order valence-electron chi connectivity index (χ4n) is 0.630. The Labute approximate surface area is 71.7 Å². The summed E-state index contributed by atoms with van der Waals surface area (Å²) in [7, 11) is 1.42. The van der Waals surface area contributed by atoms with Crippen molar-refractivity contribution < 1.29 is 4.92 Å². The lowest BCUT2D eigenvalue weighted by Crippen LogP contribution is -1.96. The van der Waals surface area contributed by atoms with Crippen LogP contribution in [0.2, 0.25) is 10.4 Å². The van der Waals surface area contributed by atoms with Gasteiger partial charge in [-0.25, -0.2) is 0 Å². The van der Waals surface area contributed by atoms with Crippen LogP contribution in [-0.4, -0.2) is 14.5 Å². The van der Waals surface area contributed by atoms with Crippen molar-refractivity contribution >= 4 is 29.0 Å². The number of hydrogen-bond donors (Lipinski definition) is 0. The summed E-state index contributed by atoms with van der Waals surface area (Å²) in [6.45, 7) is 0. The van der Waals surface area contributed by atoms with E-state index in [4.69, 9.17) is 23.2 Å². The van der Waals surface area contributed by atoms with Gasteiger partial charge in [0.05, 0.1) is 7.05 Å². The number of halogens is 2. The van der Waals surface area contributed by atoms with Crippen LogP contribution >= 0.6 is 23.2 Å². The predicted octanol–water partition coefficient (Wildman–Crippen LogP) is 1.64. The van der Waals surface area contributed by atoms with Gasteiger partial charge in [0.1, 0.15) is 0 Å². The summed E-state index contributed by atoms with van der Waals surface area (Å²) in [4.78, 5) is 13.1. The average Bonchev–Trinajstić information content (AvgIpc) is 2.07. The quantitative estimate of drug-likeness (QED) is 0.506. The van der Waals surface area contributed by atoms with E-state index in [-0.39, 0.29) is 16.3 Å². The van der Waals surface area contributed by atoms with Gasteiger partial charge in [-0.1, -0.05) is 11.6 Å². The van der Waals surface area contributed by atoms with Gasteiger partial charge >= 0.3 is 5.82 Å². The summed E-state index contributed by atoms with van der Waals surface area (Å²) in [6.07, 6.45) is 0. The summed E-state index contributed by atoms with van der Waals surface area (Å²) < 4.78 is 1.10. The molecule has 0 aromatic carbocycles. The topological polar surface area (TPSA) is 61.0 Å². The van der Waals surface area contributed by atoms with E-state index < -0.39 is 4.92 Å². The molecule has 0 aliphatic carbocycles. The Morgan fingerprint density at radius 1 is 1.64 bits per heavy atom. The number of nitro groups is 1. The molecule has 1 rings (SSSR count). The van der Waals surface area contributed by atoms with Gasteiger partial charge in [0, 0.05) is 0 Å². The number of aromatic nitrogens is 2. The molecule has 11 heavy (non-hydrogen) atoms. The lowest BCUT2D eigenvalue weighted by Gasteiger charge is -1.92. The molecule has 0 bridgehead atoms. The zero-order valence-corrected chi connectivity index (χ0v) is 6.93. The van der Waals surface area contributed by atoms with Crippen LogP contribution in [-0.2, 0) is 7.05 Å². The molecule has 0 unspecified atom stereocenters. The minimum Gasteiger partial charge on any atom is -0.358 e. The molecule has 0 saturated heterocycles. The van der Waals surface area contributed by atoms with Gasteiger partial charge in [-0.3, -0.25) is 0 Å². The lowest BCUT2D eigenvalue weighted by molar-refractivity contribution is -0.391. The van der Waals surface area contributed by atoms with Crippen LogP contribution < -0.4 is 0 Å². The Kier molecular flexibility index (Phi) is 2.01. The first kappa shape index (κ1) is 8.29. The highest BCUT2D eigenvalue weighted by atomic mass is 35.5. The summed E-state index contributed by atoms with van der Waals surface area (Å²) >= 11 is 10.8. The average molecular weight is 196 g/mol. The van der Waals surface area contributed by atoms with Gasteiger partial charge in [-0.15, -0.1) is 0 Å². The highest BCUT2D eigenvalue weighted by molar-refractivity contribution is 6.33. The Morgan fingerprint density at radius 3 is 2.36 bits per heavy atom. The second-order valence-corrected chi connectivity index (χ2v) is 2.51. The van der Waals surface area contributed by atoms with E-state index in [1.54, 1.807) is 0 Å². The normalized spacial score (nSPS) is 10.1. The fraction of sp³-hybridized carbons (Fsp3) is 0.250. The first-order valence-electron chi connectivity index (χ1n) is 2.56. The second-order valence-electron chi connectivity index (χ2n) is 1.81. The van der Waals surface area contributed by atoms with Crippen LogP contribution in [0.5, 0.6) is 0 Å². The minimum absolute atomic E-state index is 0.00157. The molecule has 7 heteroatoms. The van der Waals surface area contributed by atoms with E-state index in [0.29, 0.717) is 0 Å². The zero-order valence-electron chi connectivity index (χ0n) is 5.41. The molecule has 0 amide bonds. The summed E-state index contributed by atoms with van der Waals surface area (Å²) in [5.41, 5.74) is 0. The Hall–Kier alpha value is -0.810. The van der Waals surface area contributed by atoms with Gasteiger partial charge in [0.15, 0.2) is 0 Å². The van der Waals surface area contributed by atoms with Gasteiger partial charge in [-0.2, -0.15) is 9.55 Å². The van der Waals surface area contributed by atoms with Gasteiger partial charge in [0.2, 0.25) is 5.15 Å². The zero-order chi connectivity index (χ0) is 8.59. The van der Waals surface area contributed by atoms with Gasteiger partial charge in [-0.05, 0) is 16.5 Å². The molecule has 60 valence electrons. The SMILES string of the molecule is Cn1c(Cl)nc(Cl)c1[N+](=O)[O-]. The van der Waals surface area contributed by atoms with Crippen LogP contribution in [0.1, 0.15) is 0 Å². The van der Waals surface area contributed by atoms with Gasteiger partial charge < -0.3 is 10.1 Å². The molecule has 0 aliphatic rings. The van der Waals surface area contributed by atoms with Crippen LogP contribution in [0.15, 0.2) is 0 Å². The van der Waals surface area contributed by atoms with Crippen LogP contribution in [0.4, 0.5) is 5.82 Å². The van der Waals surface area contributed by atoms with Crippen LogP contribution in [0.25, 0.3) is 0 Å². The highest BCUT2D eigenvalue weighted by Gasteiger charge is 2.21. The predicted molar refractivity (Wildman–Crippen MR) is 39.9 cm³/mol. The van der Waals surface area contributed by atoms with Crippen molar-refractivity contribution in [2.75, 3.05) is 0 Å². The van der Waals surface area contributed by atoms with Crippen molar-refractivity contribution in [2.45, 2.75) is 0 Å². The molecular weight excluding hydrogens is 193 g/mol. The van der Waals surface area contributed by atoms with E-state index in [2.05, 4.69) is 4.98 Å². The Morgan fingerprint density at radius 2 is 2.18 bits per heavy atom. The molecule has 0 fully saturated rings. The third kappa shape index (κ3) is 1.29. The minimum atomic E-state index is -0.638. The van der Waals surface area contributed by atoms with Crippen molar-refractivity contribution in [3.63, 3.8) is 0 Å². The van der Waals surface area contributed by atoms with Crippen molar-refractivity contribution in [2.24, 2.45) is 7.05 Å². The fourth-order valence-corrected chi connectivity index (χ4v) is 1.11. The maximum Gasteiger partial charge on any atom is 0.362 e. The largest absolute Gasteiger partial charge is 0.362 e. The molecule has 1 aromatic rings. The molecule has 0 spiro atoms. The molecular formula is C4H3Cl2N3O2. The molecule has 0 saturated carbocycles. The van der Waals surface area contributed by atoms with E-state index in [0.717, 1.165) is 4.57 Å². The molecule has 0 aliphatic heterocycles. The number of rotatable bonds is 1. The highest BCUT2D eigenvalue weighted by Crippen LogP contribution is 2.25. The summed E-state index contributed by atoms with van der Waals surface area (Å²) in [5.74, 6) is -0.295. The second kappa shape index (κ2) is 2.67. The molecule has 0 N–H and O–H groups in total. The van der Waals surface area contributed by atoms with Crippen molar-refractivity contribution in [1.82, 2.24) is 9.55 Å². The number of nitrogens with zero attached hydrogens (tertiary/aromatic N) is 3. The molecule has 0 radical (unpaired) electrons. The Balaban J connectivity index is 3.34. The smallest absolute Gasteiger partial charge is 0.358 e. The maximum atomic E-state index is 10.3. The molecule has 5 nitrogen and oxygen atoms in total. The van der Waals surface area contributed by atoms with E-state index >= 15 is 0 Å². The third-order valence-corrected chi connectivity index (χ3v) is 1.73.